The van der Waals surface area contributed by atoms with Crippen molar-refractivity contribution in [1.29, 1.82) is 0 Å². The quantitative estimate of drug-likeness (QED) is 0.545. The van der Waals surface area contributed by atoms with Gasteiger partial charge in [-0.25, -0.2) is 8.78 Å². The zero-order valence-electron chi connectivity index (χ0n) is 6.60. The predicted octanol–water partition coefficient (Wildman–Crippen LogP) is 3.04. The van der Waals surface area contributed by atoms with Crippen molar-refractivity contribution < 1.29 is 8.78 Å². The molecule has 0 aromatic rings. The zero-order valence-corrected chi connectivity index (χ0v) is 6.60. The lowest BCUT2D eigenvalue weighted by atomic mass is 9.85. The van der Waals surface area contributed by atoms with Crippen LogP contribution in [0.4, 0.5) is 8.78 Å². The van der Waals surface area contributed by atoms with Gasteiger partial charge in [-0.2, -0.15) is 0 Å². The highest BCUT2D eigenvalue weighted by atomic mass is 19.1. The maximum atomic E-state index is 12.7. The molecule has 0 saturated heterocycles. The smallest absolute Gasteiger partial charge is 0.103 e. The number of allylic oxidation sites excluding steroid dienone is 1. The van der Waals surface area contributed by atoms with E-state index in [0.717, 1.165) is 6.42 Å². The maximum absolute atomic E-state index is 12.7. The van der Waals surface area contributed by atoms with Gasteiger partial charge in [0.25, 0.3) is 0 Å². The van der Waals surface area contributed by atoms with Crippen LogP contribution in [0.1, 0.15) is 25.7 Å². The minimum absolute atomic E-state index is 0.105. The molecule has 0 aromatic carbocycles. The Kier molecular flexibility index (Phi) is 3.03. The van der Waals surface area contributed by atoms with Crippen molar-refractivity contribution in [3.8, 4) is 0 Å². The Hall–Kier alpha value is -0.400. The van der Waals surface area contributed by atoms with E-state index in [0.29, 0.717) is 12.8 Å². The molecule has 0 N–H and O–H groups in total. The van der Waals surface area contributed by atoms with E-state index in [1.54, 1.807) is 6.08 Å². The van der Waals surface area contributed by atoms with Crippen LogP contribution in [0.25, 0.3) is 0 Å². The molecule has 0 amide bonds. The topological polar surface area (TPSA) is 0 Å². The summed E-state index contributed by atoms with van der Waals surface area (Å²) in [5, 5.41) is 0. The van der Waals surface area contributed by atoms with Gasteiger partial charge in [-0.15, -0.1) is 6.58 Å². The largest absolute Gasteiger partial charge is 0.247 e. The van der Waals surface area contributed by atoms with E-state index >= 15 is 0 Å². The fraction of sp³-hybridized carbons (Fsp3) is 0.778. The van der Waals surface area contributed by atoms with Gasteiger partial charge in [0.15, 0.2) is 0 Å². The molecule has 0 radical (unpaired) electrons. The summed E-state index contributed by atoms with van der Waals surface area (Å²) in [6.07, 6.45) is 1.79. The molecule has 11 heavy (non-hydrogen) atoms. The van der Waals surface area contributed by atoms with Gasteiger partial charge in [0, 0.05) is 6.42 Å². The Morgan fingerprint density at radius 2 is 1.73 bits per heavy atom. The molecule has 3 atom stereocenters. The summed E-state index contributed by atoms with van der Waals surface area (Å²) in [6.45, 7) is 3.56. The summed E-state index contributed by atoms with van der Waals surface area (Å²) in [5.41, 5.74) is 0. The van der Waals surface area contributed by atoms with E-state index in [4.69, 9.17) is 0 Å². The first-order chi connectivity index (χ1) is 5.22. The van der Waals surface area contributed by atoms with Crippen LogP contribution in [0.15, 0.2) is 12.7 Å². The molecule has 0 heterocycles. The average molecular weight is 160 g/mol. The van der Waals surface area contributed by atoms with Gasteiger partial charge in [0.1, 0.15) is 12.3 Å². The third kappa shape index (κ3) is 2.60. The van der Waals surface area contributed by atoms with Gasteiger partial charge in [-0.1, -0.05) is 6.08 Å². The number of alkyl halides is 2. The normalized spacial score (nSPS) is 38.5. The summed E-state index contributed by atoms with van der Waals surface area (Å²) in [5.74, 6) is 0.186. The second kappa shape index (κ2) is 3.84. The van der Waals surface area contributed by atoms with Crippen molar-refractivity contribution >= 4 is 0 Å². The Morgan fingerprint density at radius 3 is 2.18 bits per heavy atom. The number of hydrogen-bond acceptors (Lipinski definition) is 0. The van der Waals surface area contributed by atoms with Gasteiger partial charge in [-0.05, 0) is 25.2 Å². The lowest BCUT2D eigenvalue weighted by Crippen LogP contribution is -2.24. The van der Waals surface area contributed by atoms with E-state index in [2.05, 4.69) is 6.58 Å². The molecule has 64 valence electrons. The number of hydrogen-bond donors (Lipinski definition) is 0. The predicted molar refractivity (Wildman–Crippen MR) is 41.9 cm³/mol. The lowest BCUT2D eigenvalue weighted by Gasteiger charge is -2.26. The second-order valence-electron chi connectivity index (χ2n) is 3.29. The molecule has 1 aliphatic rings. The minimum Gasteiger partial charge on any atom is -0.247 e. The Morgan fingerprint density at radius 1 is 1.18 bits per heavy atom. The molecule has 2 heteroatoms. The van der Waals surface area contributed by atoms with Gasteiger partial charge in [0.05, 0.1) is 0 Å². The molecule has 1 aliphatic carbocycles. The highest BCUT2D eigenvalue weighted by Crippen LogP contribution is 2.30. The molecular weight excluding hydrogens is 146 g/mol. The van der Waals surface area contributed by atoms with E-state index in [1.165, 1.54) is 0 Å². The van der Waals surface area contributed by atoms with Crippen LogP contribution < -0.4 is 0 Å². The van der Waals surface area contributed by atoms with Crippen LogP contribution in [-0.4, -0.2) is 12.3 Å². The monoisotopic (exact) mass is 160 g/mol. The van der Waals surface area contributed by atoms with E-state index in [1.807, 2.05) is 0 Å². The first kappa shape index (κ1) is 8.69. The highest BCUT2D eigenvalue weighted by molar-refractivity contribution is 4.83. The van der Waals surface area contributed by atoms with Gasteiger partial charge in [0.2, 0.25) is 0 Å². The number of halogens is 2. The van der Waals surface area contributed by atoms with Crippen molar-refractivity contribution in [3.05, 3.63) is 12.7 Å². The minimum atomic E-state index is -0.927. The zero-order chi connectivity index (χ0) is 8.27. The van der Waals surface area contributed by atoms with Crippen LogP contribution in [-0.2, 0) is 0 Å². The average Bonchev–Trinajstić information content (AvgIpc) is 1.85. The second-order valence-corrected chi connectivity index (χ2v) is 3.29. The Bertz CT molecular complexity index is 124. The molecule has 0 nitrogen and oxygen atoms in total. The van der Waals surface area contributed by atoms with Gasteiger partial charge in [-0.3, -0.25) is 0 Å². The molecule has 0 spiro atoms. The first-order valence-corrected chi connectivity index (χ1v) is 4.11. The number of rotatable bonds is 2. The molecular formula is C9H14F2. The van der Waals surface area contributed by atoms with E-state index in [-0.39, 0.29) is 12.3 Å². The molecule has 1 fully saturated rings. The maximum Gasteiger partial charge on any atom is 0.103 e. The molecule has 2 unspecified atom stereocenters. The van der Waals surface area contributed by atoms with Crippen LogP contribution in [0, 0.1) is 5.92 Å². The van der Waals surface area contributed by atoms with Crippen LogP contribution >= 0.6 is 0 Å². The van der Waals surface area contributed by atoms with Crippen LogP contribution in [0.3, 0.4) is 0 Å². The van der Waals surface area contributed by atoms with Crippen molar-refractivity contribution in [2.45, 2.75) is 38.0 Å². The highest BCUT2D eigenvalue weighted by Gasteiger charge is 2.27. The fourth-order valence-electron chi connectivity index (χ4n) is 1.72. The Labute approximate surface area is 66.3 Å². The molecule has 0 bridgehead atoms. The standard InChI is InChI=1S/C9H14F2/c1-2-3-7-4-8(10)6-9(11)5-7/h2,7-9H,1,3-6H2/t7?,8-,9?/m1/s1. The molecule has 0 aliphatic heterocycles. The SMILES string of the molecule is C=CCC1CC(F)C[C@H](F)C1. The van der Waals surface area contributed by atoms with Gasteiger partial charge < -0.3 is 0 Å². The molecule has 1 rings (SSSR count). The van der Waals surface area contributed by atoms with Crippen molar-refractivity contribution in [3.63, 3.8) is 0 Å². The van der Waals surface area contributed by atoms with Crippen molar-refractivity contribution in [1.82, 2.24) is 0 Å². The third-order valence-electron chi connectivity index (χ3n) is 2.19. The summed E-state index contributed by atoms with van der Waals surface area (Å²) in [4.78, 5) is 0. The molecule has 1 saturated carbocycles. The Balaban J connectivity index is 2.36. The first-order valence-electron chi connectivity index (χ1n) is 4.11. The molecule has 0 aromatic heterocycles. The van der Waals surface area contributed by atoms with E-state index < -0.39 is 12.3 Å². The van der Waals surface area contributed by atoms with Gasteiger partial charge >= 0.3 is 0 Å². The van der Waals surface area contributed by atoms with Crippen LogP contribution in [0.2, 0.25) is 0 Å². The van der Waals surface area contributed by atoms with E-state index in [9.17, 15) is 8.78 Å². The summed E-state index contributed by atoms with van der Waals surface area (Å²) in [7, 11) is 0. The summed E-state index contributed by atoms with van der Waals surface area (Å²) < 4.78 is 25.5. The lowest BCUT2D eigenvalue weighted by molar-refractivity contribution is 0.117. The van der Waals surface area contributed by atoms with Crippen molar-refractivity contribution in [2.24, 2.45) is 5.92 Å². The fourth-order valence-corrected chi connectivity index (χ4v) is 1.72. The summed E-state index contributed by atoms with van der Waals surface area (Å²) in [6, 6.07) is 0. The van der Waals surface area contributed by atoms with Crippen LogP contribution in [0.5, 0.6) is 0 Å². The third-order valence-corrected chi connectivity index (χ3v) is 2.19. The van der Waals surface area contributed by atoms with Crippen molar-refractivity contribution in [2.75, 3.05) is 0 Å². The summed E-state index contributed by atoms with van der Waals surface area (Å²) >= 11 is 0.